The van der Waals surface area contributed by atoms with E-state index in [0.717, 1.165) is 44.7 Å². The van der Waals surface area contributed by atoms with Crippen LogP contribution in [0.25, 0.3) is 11.4 Å². The van der Waals surface area contributed by atoms with Gasteiger partial charge in [0.2, 0.25) is 0 Å². The Kier molecular flexibility index (Phi) is 5.97. The Bertz CT molecular complexity index is 986. The van der Waals surface area contributed by atoms with Crippen LogP contribution in [-0.4, -0.2) is 46.0 Å². The zero-order valence-electron chi connectivity index (χ0n) is 16.4. The fourth-order valence-corrected chi connectivity index (χ4v) is 3.72. The first-order chi connectivity index (χ1) is 14.2. The number of anilines is 1. The molecule has 2 aromatic heterocycles. The van der Waals surface area contributed by atoms with Gasteiger partial charge in [0.05, 0.1) is 5.69 Å². The first-order valence-corrected chi connectivity index (χ1v) is 9.98. The van der Waals surface area contributed by atoms with Gasteiger partial charge in [0.15, 0.2) is 0 Å². The average Bonchev–Trinajstić information content (AvgIpc) is 3.00. The van der Waals surface area contributed by atoms with E-state index in [1.165, 1.54) is 17.3 Å². The number of nitrogens with two attached hydrogens (primary N) is 1. The summed E-state index contributed by atoms with van der Waals surface area (Å²) in [6.45, 7) is 5.35. The van der Waals surface area contributed by atoms with Crippen LogP contribution in [0.15, 0.2) is 59.7 Å². The van der Waals surface area contributed by atoms with Crippen LogP contribution in [0.5, 0.6) is 0 Å². The van der Waals surface area contributed by atoms with Gasteiger partial charge in [-0.3, -0.25) is 14.7 Å². The normalized spacial score (nSPS) is 15.3. The summed E-state index contributed by atoms with van der Waals surface area (Å²) in [5, 5.41) is 0. The van der Waals surface area contributed by atoms with Crippen molar-refractivity contribution in [3.05, 3.63) is 76.5 Å². The highest BCUT2D eigenvalue weighted by molar-refractivity contribution is 5.55. The first-order valence-electron chi connectivity index (χ1n) is 9.98. The van der Waals surface area contributed by atoms with Crippen LogP contribution < -0.4 is 16.2 Å². The number of hydrogen-bond donors (Lipinski definition) is 2. The Balaban J connectivity index is 1.40. The van der Waals surface area contributed by atoms with Crippen LogP contribution in [0.1, 0.15) is 17.7 Å². The molecule has 3 aromatic rings. The fourth-order valence-electron chi connectivity index (χ4n) is 3.72. The lowest BCUT2D eigenvalue weighted by atomic mass is 10.1. The van der Waals surface area contributed by atoms with Gasteiger partial charge in [-0.1, -0.05) is 24.3 Å². The van der Waals surface area contributed by atoms with Gasteiger partial charge >= 0.3 is 0 Å². The van der Waals surface area contributed by atoms with Crippen LogP contribution >= 0.6 is 0 Å². The molecule has 7 heteroatoms. The quantitative estimate of drug-likeness (QED) is 0.692. The number of nitrogens with one attached hydrogen (secondary N) is 1. The van der Waals surface area contributed by atoms with E-state index in [9.17, 15) is 4.79 Å². The number of hydrogen-bond acceptors (Lipinski definition) is 6. The molecule has 1 aliphatic heterocycles. The highest BCUT2D eigenvalue weighted by Crippen LogP contribution is 2.18. The van der Waals surface area contributed by atoms with Crippen molar-refractivity contribution in [2.24, 2.45) is 5.73 Å². The molecule has 0 radical (unpaired) electrons. The molecule has 4 rings (SSSR count). The summed E-state index contributed by atoms with van der Waals surface area (Å²) < 4.78 is 0. The average molecular weight is 390 g/mol. The summed E-state index contributed by atoms with van der Waals surface area (Å²) in [4.78, 5) is 28.0. The first kappa shape index (κ1) is 19.3. The highest BCUT2D eigenvalue weighted by atomic mass is 16.1. The van der Waals surface area contributed by atoms with Crippen molar-refractivity contribution in [2.75, 3.05) is 31.1 Å². The number of rotatable bonds is 5. The molecule has 1 saturated heterocycles. The van der Waals surface area contributed by atoms with Gasteiger partial charge in [-0.2, -0.15) is 0 Å². The molecule has 7 nitrogen and oxygen atoms in total. The van der Waals surface area contributed by atoms with E-state index < -0.39 is 0 Å². The van der Waals surface area contributed by atoms with Gasteiger partial charge < -0.3 is 15.6 Å². The molecule has 3 N–H and O–H groups in total. The summed E-state index contributed by atoms with van der Waals surface area (Å²) in [5.74, 6) is 0.562. The van der Waals surface area contributed by atoms with E-state index in [1.807, 2.05) is 24.5 Å². The van der Waals surface area contributed by atoms with E-state index in [-0.39, 0.29) is 12.1 Å². The van der Waals surface area contributed by atoms with Crippen LogP contribution in [0.4, 0.5) is 5.69 Å². The molecule has 0 spiro atoms. The topological polar surface area (TPSA) is 91.1 Å². The standard InChI is InChI=1S/C22H26N6O/c23-15-19-14-21(29)26-22(25-19)18-4-2-17(3-5-18)16-27-10-1-11-28(13-12-27)20-6-8-24-9-7-20/h2-9,14H,1,10-13,15-16,23H2,(H,25,26,29). The maximum absolute atomic E-state index is 11.8. The maximum Gasteiger partial charge on any atom is 0.251 e. The van der Waals surface area contributed by atoms with E-state index in [2.05, 4.69) is 49.0 Å². The Morgan fingerprint density at radius 2 is 1.79 bits per heavy atom. The van der Waals surface area contributed by atoms with Crippen LogP contribution in [0.2, 0.25) is 0 Å². The summed E-state index contributed by atoms with van der Waals surface area (Å²) in [5.41, 5.74) is 9.43. The second-order valence-electron chi connectivity index (χ2n) is 7.31. The van der Waals surface area contributed by atoms with Crippen molar-refractivity contribution in [1.82, 2.24) is 19.9 Å². The summed E-state index contributed by atoms with van der Waals surface area (Å²) in [7, 11) is 0. The van der Waals surface area contributed by atoms with Gasteiger partial charge in [0, 0.05) is 69.0 Å². The van der Waals surface area contributed by atoms with Crippen LogP contribution in [0, 0.1) is 0 Å². The molecule has 0 aliphatic carbocycles. The van der Waals surface area contributed by atoms with Crippen LogP contribution in [-0.2, 0) is 13.1 Å². The van der Waals surface area contributed by atoms with Crippen molar-refractivity contribution in [3.8, 4) is 11.4 Å². The summed E-state index contributed by atoms with van der Waals surface area (Å²) in [6, 6.07) is 13.8. The molecule has 0 atom stereocenters. The Morgan fingerprint density at radius 3 is 2.55 bits per heavy atom. The van der Waals surface area contributed by atoms with Crippen molar-refractivity contribution >= 4 is 5.69 Å². The molecule has 1 aromatic carbocycles. The zero-order chi connectivity index (χ0) is 20.1. The monoisotopic (exact) mass is 390 g/mol. The fraction of sp³-hybridized carbons (Fsp3) is 0.318. The van der Waals surface area contributed by atoms with Gasteiger partial charge in [-0.25, -0.2) is 4.98 Å². The molecule has 29 heavy (non-hydrogen) atoms. The van der Waals surface area contributed by atoms with Crippen molar-refractivity contribution < 1.29 is 0 Å². The largest absolute Gasteiger partial charge is 0.370 e. The molecular weight excluding hydrogens is 364 g/mol. The van der Waals surface area contributed by atoms with E-state index >= 15 is 0 Å². The van der Waals surface area contributed by atoms with Gasteiger partial charge in [0.1, 0.15) is 5.82 Å². The second-order valence-corrected chi connectivity index (χ2v) is 7.31. The Morgan fingerprint density at radius 1 is 1.00 bits per heavy atom. The van der Waals surface area contributed by atoms with E-state index in [0.29, 0.717) is 11.5 Å². The molecule has 0 saturated carbocycles. The maximum atomic E-state index is 11.8. The SMILES string of the molecule is NCc1cc(=O)[nH]c(-c2ccc(CN3CCCN(c4ccncc4)CC3)cc2)n1. The van der Waals surface area contributed by atoms with E-state index in [4.69, 9.17) is 5.73 Å². The molecule has 0 unspecified atom stereocenters. The minimum absolute atomic E-state index is 0.178. The van der Waals surface area contributed by atoms with Crippen molar-refractivity contribution in [2.45, 2.75) is 19.5 Å². The summed E-state index contributed by atoms with van der Waals surface area (Å²) in [6.07, 6.45) is 4.84. The summed E-state index contributed by atoms with van der Waals surface area (Å²) >= 11 is 0. The van der Waals surface area contributed by atoms with Crippen molar-refractivity contribution in [1.29, 1.82) is 0 Å². The number of H-pyrrole nitrogens is 1. The van der Waals surface area contributed by atoms with E-state index in [1.54, 1.807) is 0 Å². The van der Waals surface area contributed by atoms with Gasteiger partial charge in [0.25, 0.3) is 5.56 Å². The smallest absolute Gasteiger partial charge is 0.251 e. The van der Waals surface area contributed by atoms with Crippen molar-refractivity contribution in [3.63, 3.8) is 0 Å². The lowest BCUT2D eigenvalue weighted by molar-refractivity contribution is 0.285. The number of nitrogens with zero attached hydrogens (tertiary/aromatic N) is 4. The molecule has 0 bridgehead atoms. The van der Waals surface area contributed by atoms with Crippen LogP contribution in [0.3, 0.4) is 0 Å². The number of aromatic amines is 1. The van der Waals surface area contributed by atoms with Gasteiger partial charge in [-0.15, -0.1) is 0 Å². The van der Waals surface area contributed by atoms with Gasteiger partial charge in [-0.05, 0) is 24.1 Å². The number of pyridine rings is 1. The Labute approximate surface area is 170 Å². The predicted molar refractivity (Wildman–Crippen MR) is 115 cm³/mol. The second kappa shape index (κ2) is 8.98. The lowest BCUT2D eigenvalue weighted by Crippen LogP contribution is -2.30. The third kappa shape index (κ3) is 4.88. The molecule has 0 amide bonds. The molecule has 3 heterocycles. The predicted octanol–water partition coefficient (Wildman–Crippen LogP) is 2.00. The lowest BCUT2D eigenvalue weighted by Gasteiger charge is -2.23. The minimum atomic E-state index is -0.178. The number of aromatic nitrogens is 3. The third-order valence-electron chi connectivity index (χ3n) is 5.25. The molecular formula is C22H26N6O. The molecule has 150 valence electrons. The Hall–Kier alpha value is -3.03. The minimum Gasteiger partial charge on any atom is -0.370 e. The zero-order valence-corrected chi connectivity index (χ0v) is 16.4. The highest BCUT2D eigenvalue weighted by Gasteiger charge is 2.15. The molecule has 1 fully saturated rings. The third-order valence-corrected chi connectivity index (χ3v) is 5.25. The molecule has 1 aliphatic rings. The number of benzene rings is 1.